The van der Waals surface area contributed by atoms with E-state index < -0.39 is 6.09 Å². The summed E-state index contributed by atoms with van der Waals surface area (Å²) in [4.78, 5) is 17.5. The topological polar surface area (TPSA) is 66.5 Å². The van der Waals surface area contributed by atoms with Gasteiger partial charge in [0.15, 0.2) is 0 Å². The van der Waals surface area contributed by atoms with E-state index in [0.29, 0.717) is 12.4 Å². The van der Waals surface area contributed by atoms with Crippen LogP contribution in [0, 0.1) is 0 Å². The van der Waals surface area contributed by atoms with E-state index in [1.165, 1.54) is 0 Å². The lowest BCUT2D eigenvalue weighted by atomic mass is 10.3. The van der Waals surface area contributed by atoms with Gasteiger partial charge in [-0.3, -0.25) is 5.32 Å². The minimum atomic E-state index is -0.485. The summed E-state index contributed by atoms with van der Waals surface area (Å²) in [6, 6.07) is 3.62. The number of nitrogens with one attached hydrogen (secondary N) is 2. The molecule has 0 atom stereocenters. The molecular formula is C13H22N4O2. The van der Waals surface area contributed by atoms with E-state index in [9.17, 15) is 4.79 Å². The van der Waals surface area contributed by atoms with E-state index in [-0.39, 0.29) is 0 Å². The van der Waals surface area contributed by atoms with Gasteiger partial charge in [0, 0.05) is 6.54 Å². The minimum Gasteiger partial charge on any atom is -0.450 e. The second kappa shape index (κ2) is 8.31. The normalized spacial score (nSPS) is 10.3. The first kappa shape index (κ1) is 15.2. The van der Waals surface area contributed by atoms with Crippen LogP contribution in [0.4, 0.5) is 16.3 Å². The Kier molecular flexibility index (Phi) is 6.67. The number of hydrogen-bond acceptors (Lipinski definition) is 5. The molecule has 6 heteroatoms. The maximum atomic E-state index is 11.2. The van der Waals surface area contributed by atoms with Crippen LogP contribution < -0.4 is 10.6 Å². The Morgan fingerprint density at radius 1 is 1.42 bits per heavy atom. The fraction of sp³-hybridized carbons (Fsp3) is 0.538. The summed E-state index contributed by atoms with van der Waals surface area (Å²) in [5, 5.41) is 5.82. The quantitative estimate of drug-likeness (QED) is 0.739. The Bertz CT molecular complexity index is 379. The van der Waals surface area contributed by atoms with Crippen LogP contribution in [0.25, 0.3) is 0 Å². The smallest absolute Gasteiger partial charge is 0.412 e. The fourth-order valence-corrected chi connectivity index (χ4v) is 1.47. The predicted molar refractivity (Wildman–Crippen MR) is 76.5 cm³/mol. The molecule has 2 N–H and O–H groups in total. The fourth-order valence-electron chi connectivity index (χ4n) is 1.47. The standard InChI is InChI=1S/C13H22N4O2/c1-4-19-13(18)16-12-7-6-11(10-15-12)14-8-5-9-17(2)3/h6-7,10,14H,4-5,8-9H2,1-3H3,(H,15,16,18). The van der Waals surface area contributed by atoms with Crippen molar-refractivity contribution in [1.82, 2.24) is 9.88 Å². The molecule has 0 unspecified atom stereocenters. The van der Waals surface area contributed by atoms with Gasteiger partial charge in [-0.2, -0.15) is 0 Å². The first-order valence-electron chi connectivity index (χ1n) is 6.40. The number of carbonyl (C=O) groups is 1. The van der Waals surface area contributed by atoms with Gasteiger partial charge >= 0.3 is 6.09 Å². The number of aromatic nitrogens is 1. The third kappa shape index (κ3) is 6.61. The highest BCUT2D eigenvalue weighted by Crippen LogP contribution is 2.09. The summed E-state index contributed by atoms with van der Waals surface area (Å²) in [6.45, 7) is 4.04. The second-order valence-corrected chi connectivity index (χ2v) is 4.36. The molecule has 0 aliphatic rings. The van der Waals surface area contributed by atoms with Crippen LogP contribution in [0.1, 0.15) is 13.3 Å². The summed E-state index contributed by atoms with van der Waals surface area (Å²) < 4.78 is 4.77. The van der Waals surface area contributed by atoms with Crippen molar-refractivity contribution < 1.29 is 9.53 Å². The Hall–Kier alpha value is -1.82. The predicted octanol–water partition coefficient (Wildman–Crippen LogP) is 2.01. The van der Waals surface area contributed by atoms with Gasteiger partial charge < -0.3 is 15.0 Å². The molecule has 19 heavy (non-hydrogen) atoms. The van der Waals surface area contributed by atoms with Crippen molar-refractivity contribution in [3.05, 3.63) is 18.3 Å². The van der Waals surface area contributed by atoms with Crippen LogP contribution in [0.5, 0.6) is 0 Å². The first-order chi connectivity index (χ1) is 9.11. The van der Waals surface area contributed by atoms with E-state index in [4.69, 9.17) is 4.74 Å². The number of anilines is 2. The van der Waals surface area contributed by atoms with Crippen LogP contribution in [0.3, 0.4) is 0 Å². The molecule has 0 fully saturated rings. The Labute approximate surface area is 114 Å². The molecule has 1 rings (SSSR count). The van der Waals surface area contributed by atoms with Gasteiger partial charge in [0.05, 0.1) is 18.5 Å². The van der Waals surface area contributed by atoms with Crippen molar-refractivity contribution >= 4 is 17.6 Å². The van der Waals surface area contributed by atoms with Crippen LogP contribution in [0.2, 0.25) is 0 Å². The van der Waals surface area contributed by atoms with Crippen molar-refractivity contribution in [2.24, 2.45) is 0 Å². The number of carbonyl (C=O) groups excluding carboxylic acids is 1. The average molecular weight is 266 g/mol. The summed E-state index contributed by atoms with van der Waals surface area (Å²) in [6.07, 6.45) is 2.27. The van der Waals surface area contributed by atoms with Crippen LogP contribution in [0.15, 0.2) is 18.3 Å². The lowest BCUT2D eigenvalue weighted by molar-refractivity contribution is 0.168. The van der Waals surface area contributed by atoms with Gasteiger partial charge in [-0.15, -0.1) is 0 Å². The van der Waals surface area contributed by atoms with E-state index >= 15 is 0 Å². The van der Waals surface area contributed by atoms with Crippen LogP contribution >= 0.6 is 0 Å². The SMILES string of the molecule is CCOC(=O)Nc1ccc(NCCCN(C)C)cn1. The molecule has 106 valence electrons. The molecule has 0 saturated carbocycles. The Morgan fingerprint density at radius 2 is 2.21 bits per heavy atom. The van der Waals surface area contributed by atoms with E-state index in [1.54, 1.807) is 19.2 Å². The highest BCUT2D eigenvalue weighted by atomic mass is 16.5. The van der Waals surface area contributed by atoms with E-state index in [2.05, 4.69) is 34.6 Å². The molecule has 1 aromatic heterocycles. The average Bonchev–Trinajstić information content (AvgIpc) is 2.36. The molecule has 1 amide bonds. The molecule has 0 aliphatic carbocycles. The van der Waals surface area contributed by atoms with Gasteiger partial charge in [-0.05, 0) is 46.1 Å². The Morgan fingerprint density at radius 3 is 2.79 bits per heavy atom. The zero-order chi connectivity index (χ0) is 14.1. The molecule has 0 saturated heterocycles. The molecule has 1 aromatic rings. The number of rotatable bonds is 7. The summed E-state index contributed by atoms with van der Waals surface area (Å²) in [5.74, 6) is 0.484. The highest BCUT2D eigenvalue weighted by Gasteiger charge is 2.02. The molecule has 0 aliphatic heterocycles. The third-order valence-electron chi connectivity index (χ3n) is 2.38. The van der Waals surface area contributed by atoms with Gasteiger partial charge in [0.2, 0.25) is 0 Å². The number of ether oxygens (including phenoxy) is 1. The van der Waals surface area contributed by atoms with E-state index in [0.717, 1.165) is 25.2 Å². The van der Waals surface area contributed by atoms with Crippen LogP contribution in [-0.4, -0.2) is 49.8 Å². The molecule has 0 radical (unpaired) electrons. The zero-order valence-electron chi connectivity index (χ0n) is 11.8. The monoisotopic (exact) mass is 266 g/mol. The number of pyridine rings is 1. The molecule has 0 aromatic carbocycles. The zero-order valence-corrected chi connectivity index (χ0v) is 11.8. The summed E-state index contributed by atoms with van der Waals surface area (Å²) >= 11 is 0. The van der Waals surface area contributed by atoms with Crippen molar-refractivity contribution in [2.45, 2.75) is 13.3 Å². The number of nitrogens with zero attached hydrogens (tertiary/aromatic N) is 2. The van der Waals surface area contributed by atoms with Crippen LogP contribution in [-0.2, 0) is 4.74 Å². The second-order valence-electron chi connectivity index (χ2n) is 4.36. The largest absolute Gasteiger partial charge is 0.450 e. The van der Waals surface area contributed by atoms with Gasteiger partial charge in [0.1, 0.15) is 5.82 Å². The molecule has 0 bridgehead atoms. The van der Waals surface area contributed by atoms with Crippen molar-refractivity contribution in [1.29, 1.82) is 0 Å². The molecule has 1 heterocycles. The lowest BCUT2D eigenvalue weighted by Gasteiger charge is -2.10. The molecule has 0 spiro atoms. The third-order valence-corrected chi connectivity index (χ3v) is 2.38. The minimum absolute atomic E-state index is 0.345. The summed E-state index contributed by atoms with van der Waals surface area (Å²) in [5.41, 5.74) is 0.938. The first-order valence-corrected chi connectivity index (χ1v) is 6.40. The van der Waals surface area contributed by atoms with Gasteiger partial charge in [0.25, 0.3) is 0 Å². The lowest BCUT2D eigenvalue weighted by Crippen LogP contribution is -2.16. The summed E-state index contributed by atoms with van der Waals surface area (Å²) in [7, 11) is 4.11. The number of amides is 1. The van der Waals surface area contributed by atoms with Crippen molar-refractivity contribution in [3.63, 3.8) is 0 Å². The van der Waals surface area contributed by atoms with Crippen molar-refractivity contribution in [3.8, 4) is 0 Å². The molecular weight excluding hydrogens is 244 g/mol. The maximum Gasteiger partial charge on any atom is 0.412 e. The maximum absolute atomic E-state index is 11.2. The van der Waals surface area contributed by atoms with E-state index in [1.807, 2.05) is 6.07 Å². The molecule has 6 nitrogen and oxygen atoms in total. The number of hydrogen-bond donors (Lipinski definition) is 2. The highest BCUT2D eigenvalue weighted by molar-refractivity contribution is 5.83. The Balaban J connectivity index is 2.33. The van der Waals surface area contributed by atoms with Gasteiger partial charge in [-0.25, -0.2) is 9.78 Å². The van der Waals surface area contributed by atoms with Gasteiger partial charge in [-0.1, -0.05) is 0 Å². The van der Waals surface area contributed by atoms with Crippen molar-refractivity contribution in [2.75, 3.05) is 44.4 Å².